The molecule has 9 N–H and O–H groups in total. The number of nitrogens with two attached hydrogens (primary N) is 2. The van der Waals surface area contributed by atoms with Crippen LogP contribution in [0.25, 0.3) is 0 Å². The number of carboxylic acid groups (broad SMARTS) is 2. The normalized spacial score (nSPS) is 13.0. The van der Waals surface area contributed by atoms with Crippen LogP contribution in [-0.4, -0.2) is 62.7 Å². The number of nitrogens with one attached hydrogen (secondary N) is 1. The summed E-state index contributed by atoms with van der Waals surface area (Å²) in [7, 11) is 0. The number of thioether (sulfide) groups is 1. The highest BCUT2D eigenvalue weighted by Gasteiger charge is 2.24. The molecule has 1 amide bonds. The molecule has 0 saturated heterocycles. The highest BCUT2D eigenvalue weighted by Crippen LogP contribution is 2.37. The molecule has 0 bridgehead atoms. The van der Waals surface area contributed by atoms with E-state index in [2.05, 4.69) is 5.32 Å². The van der Waals surface area contributed by atoms with Crippen molar-refractivity contribution in [3.63, 3.8) is 0 Å². The zero-order valence-corrected chi connectivity index (χ0v) is 15.2. The SMILES string of the molecule is NCCc1cc(O)c(O)c(SC[C@@H](NC(=O)[C@@H](N)CCC(=O)O)C(=O)O)c1. The fourth-order valence-corrected chi connectivity index (χ4v) is 3.15. The maximum atomic E-state index is 11.9. The van der Waals surface area contributed by atoms with Crippen molar-refractivity contribution in [3.05, 3.63) is 17.7 Å². The maximum Gasteiger partial charge on any atom is 0.327 e. The zero-order chi connectivity index (χ0) is 20.6. The van der Waals surface area contributed by atoms with E-state index in [1.807, 2.05) is 0 Å². The highest BCUT2D eigenvalue weighted by atomic mass is 32.2. The molecule has 0 unspecified atom stereocenters. The predicted octanol–water partition coefficient (Wildman–Crippen LogP) is -0.547. The smallest absolute Gasteiger partial charge is 0.327 e. The molecule has 10 nitrogen and oxygen atoms in total. The lowest BCUT2D eigenvalue weighted by Crippen LogP contribution is -2.49. The lowest BCUT2D eigenvalue weighted by Gasteiger charge is -2.18. The molecule has 2 atom stereocenters. The van der Waals surface area contributed by atoms with Crippen molar-refractivity contribution >= 4 is 29.6 Å². The third kappa shape index (κ3) is 7.33. The molecule has 1 aromatic carbocycles. The Bertz CT molecular complexity index is 699. The number of carbonyl (C=O) groups excluding carboxylic acids is 1. The Hall–Kier alpha value is -2.50. The van der Waals surface area contributed by atoms with Crippen LogP contribution in [0.2, 0.25) is 0 Å². The van der Waals surface area contributed by atoms with Crippen molar-refractivity contribution in [2.45, 2.75) is 36.2 Å². The second-order valence-corrected chi connectivity index (χ2v) is 6.81. The quantitative estimate of drug-likeness (QED) is 0.187. The van der Waals surface area contributed by atoms with Gasteiger partial charge in [0.25, 0.3) is 0 Å². The Balaban J connectivity index is 2.77. The zero-order valence-electron chi connectivity index (χ0n) is 14.4. The first-order valence-corrected chi connectivity index (χ1v) is 9.02. The van der Waals surface area contributed by atoms with Gasteiger partial charge in [0, 0.05) is 12.2 Å². The monoisotopic (exact) mass is 401 g/mol. The van der Waals surface area contributed by atoms with Crippen LogP contribution in [0.3, 0.4) is 0 Å². The van der Waals surface area contributed by atoms with Crippen molar-refractivity contribution in [3.8, 4) is 11.5 Å². The molecule has 0 aromatic heterocycles. The largest absolute Gasteiger partial charge is 0.504 e. The average Bonchev–Trinajstić information content (AvgIpc) is 2.59. The molecule has 0 radical (unpaired) electrons. The number of benzene rings is 1. The van der Waals surface area contributed by atoms with Gasteiger partial charge in [-0.3, -0.25) is 9.59 Å². The molecule has 27 heavy (non-hydrogen) atoms. The number of phenols is 2. The Morgan fingerprint density at radius 3 is 2.41 bits per heavy atom. The number of hydrogen-bond acceptors (Lipinski definition) is 8. The Labute approximate surface area is 159 Å². The molecular formula is C16H23N3O7S. The summed E-state index contributed by atoms with van der Waals surface area (Å²) in [5.74, 6) is -4.11. The molecule has 0 aliphatic carbocycles. The van der Waals surface area contributed by atoms with Gasteiger partial charge in [-0.25, -0.2) is 4.79 Å². The molecular weight excluding hydrogens is 378 g/mol. The van der Waals surface area contributed by atoms with Gasteiger partial charge in [0.05, 0.1) is 10.9 Å². The summed E-state index contributed by atoms with van der Waals surface area (Å²) in [4.78, 5) is 34.1. The standard InChI is InChI=1S/C16H23N3O7S/c17-4-3-8-5-11(20)14(23)12(6-8)27-7-10(16(25)26)19-15(24)9(18)1-2-13(21)22/h5-6,9-10,20,23H,1-4,7,17-18H2,(H,19,24)(H,21,22)(H,25,26)/t9-,10+/m0/s1. The summed E-state index contributed by atoms with van der Waals surface area (Å²) >= 11 is 0.928. The van der Waals surface area contributed by atoms with Crippen molar-refractivity contribution in [2.24, 2.45) is 11.5 Å². The molecule has 150 valence electrons. The summed E-state index contributed by atoms with van der Waals surface area (Å²) in [6.45, 7) is 0.330. The molecule has 1 aromatic rings. The molecule has 0 fully saturated rings. The molecule has 1 rings (SSSR count). The Kier molecular flexibility index (Phi) is 8.85. The van der Waals surface area contributed by atoms with Gasteiger partial charge in [0.15, 0.2) is 11.5 Å². The van der Waals surface area contributed by atoms with Crippen molar-refractivity contribution in [1.82, 2.24) is 5.32 Å². The van der Waals surface area contributed by atoms with Crippen LogP contribution in [0.15, 0.2) is 17.0 Å². The number of phenolic OH excluding ortho intramolecular Hbond substituents is 2. The molecule has 11 heteroatoms. The summed E-state index contributed by atoms with van der Waals surface area (Å²) in [5.41, 5.74) is 11.7. The van der Waals surface area contributed by atoms with Gasteiger partial charge < -0.3 is 37.2 Å². The fourth-order valence-electron chi connectivity index (χ4n) is 2.11. The third-order valence-corrected chi connectivity index (χ3v) is 4.70. The fraction of sp³-hybridized carbons (Fsp3) is 0.438. The molecule has 0 spiro atoms. The maximum absolute atomic E-state index is 11.9. The van der Waals surface area contributed by atoms with Crippen LogP contribution in [-0.2, 0) is 20.8 Å². The molecule has 0 saturated carbocycles. The van der Waals surface area contributed by atoms with Crippen molar-refractivity contribution in [1.29, 1.82) is 0 Å². The van der Waals surface area contributed by atoms with E-state index in [9.17, 15) is 29.7 Å². The van der Waals surface area contributed by atoms with E-state index in [4.69, 9.17) is 16.6 Å². The van der Waals surface area contributed by atoms with Gasteiger partial charge in [0.1, 0.15) is 6.04 Å². The first kappa shape index (κ1) is 22.5. The lowest BCUT2D eigenvalue weighted by molar-refractivity contribution is -0.141. The Morgan fingerprint density at radius 2 is 1.85 bits per heavy atom. The first-order chi connectivity index (χ1) is 12.6. The number of amides is 1. The summed E-state index contributed by atoms with van der Waals surface area (Å²) < 4.78 is 0. The van der Waals surface area contributed by atoms with Crippen LogP contribution in [0.4, 0.5) is 0 Å². The first-order valence-electron chi connectivity index (χ1n) is 8.04. The topological polar surface area (TPSA) is 196 Å². The number of carboxylic acids is 2. The lowest BCUT2D eigenvalue weighted by atomic mass is 10.1. The van der Waals surface area contributed by atoms with Gasteiger partial charge in [-0.2, -0.15) is 0 Å². The van der Waals surface area contributed by atoms with Gasteiger partial charge in [-0.1, -0.05) is 0 Å². The van der Waals surface area contributed by atoms with Crippen molar-refractivity contribution < 1.29 is 34.8 Å². The van der Waals surface area contributed by atoms with Gasteiger partial charge >= 0.3 is 11.9 Å². The predicted molar refractivity (Wildman–Crippen MR) is 97.7 cm³/mol. The summed E-state index contributed by atoms with van der Waals surface area (Å²) in [6, 6.07) is 0.465. The highest BCUT2D eigenvalue weighted by molar-refractivity contribution is 7.99. The van der Waals surface area contributed by atoms with E-state index in [0.717, 1.165) is 11.8 Å². The number of rotatable bonds is 11. The molecule has 0 aliphatic rings. The van der Waals surface area contributed by atoms with Gasteiger partial charge in [-0.05, 0) is 37.1 Å². The van der Waals surface area contributed by atoms with E-state index < -0.39 is 35.7 Å². The van der Waals surface area contributed by atoms with Gasteiger partial charge in [0.2, 0.25) is 5.91 Å². The Morgan fingerprint density at radius 1 is 1.19 bits per heavy atom. The summed E-state index contributed by atoms with van der Waals surface area (Å²) in [5, 5.41) is 39.8. The number of hydrogen-bond donors (Lipinski definition) is 7. The van der Waals surface area contributed by atoms with Crippen LogP contribution < -0.4 is 16.8 Å². The van der Waals surface area contributed by atoms with Crippen LogP contribution in [0, 0.1) is 0 Å². The number of carbonyl (C=O) groups is 3. The van der Waals surface area contributed by atoms with Crippen LogP contribution in [0.1, 0.15) is 18.4 Å². The van der Waals surface area contributed by atoms with E-state index in [-0.39, 0.29) is 29.2 Å². The van der Waals surface area contributed by atoms with Crippen LogP contribution >= 0.6 is 11.8 Å². The van der Waals surface area contributed by atoms with E-state index >= 15 is 0 Å². The number of aliphatic carboxylic acids is 2. The van der Waals surface area contributed by atoms with E-state index in [1.165, 1.54) is 6.07 Å². The minimum Gasteiger partial charge on any atom is -0.504 e. The number of aromatic hydroxyl groups is 2. The second kappa shape index (κ2) is 10.6. The van der Waals surface area contributed by atoms with Gasteiger partial charge in [-0.15, -0.1) is 11.8 Å². The third-order valence-electron chi connectivity index (χ3n) is 3.57. The average molecular weight is 401 g/mol. The minimum absolute atomic E-state index is 0.129. The minimum atomic E-state index is -1.32. The molecule has 0 heterocycles. The van der Waals surface area contributed by atoms with Crippen LogP contribution in [0.5, 0.6) is 11.5 Å². The second-order valence-electron chi connectivity index (χ2n) is 5.75. The summed E-state index contributed by atoms with van der Waals surface area (Å²) in [6.07, 6.45) is 0.0114. The molecule has 0 aliphatic heterocycles. The van der Waals surface area contributed by atoms with Crippen molar-refractivity contribution in [2.75, 3.05) is 12.3 Å². The van der Waals surface area contributed by atoms with E-state index in [0.29, 0.717) is 18.5 Å². The van der Waals surface area contributed by atoms with E-state index in [1.54, 1.807) is 6.07 Å².